The molecule has 7 heteroatoms. The highest BCUT2D eigenvalue weighted by molar-refractivity contribution is 6.17. The lowest BCUT2D eigenvalue weighted by molar-refractivity contribution is -0.148. The third-order valence-corrected chi connectivity index (χ3v) is 2.86. The molecule has 1 aromatic carbocycles. The van der Waals surface area contributed by atoms with Crippen molar-refractivity contribution in [1.82, 2.24) is 0 Å². The van der Waals surface area contributed by atoms with Gasteiger partial charge < -0.3 is 18.9 Å². The molecule has 0 saturated carbocycles. The molecule has 0 heterocycles. The lowest BCUT2D eigenvalue weighted by Gasteiger charge is -2.06. The maximum atomic E-state index is 11.8. The molecule has 0 aliphatic heterocycles. The number of ether oxygens (including phenoxy) is 4. The standard InChI is InChI=1S/C19H20O7/c1-4-24-18(21)16(19(22)25-5-2)13-17(20)26-12-6-7-14-8-10-15(23-3)11-9-14/h8-11,13H,4-5,12H2,1-3H3. The normalized spacial score (nSPS) is 9.19. The molecule has 0 radical (unpaired) electrons. The summed E-state index contributed by atoms with van der Waals surface area (Å²) in [6.07, 6.45) is 0.741. The predicted molar refractivity (Wildman–Crippen MR) is 92.2 cm³/mol. The van der Waals surface area contributed by atoms with E-state index < -0.39 is 23.5 Å². The quantitative estimate of drug-likeness (QED) is 0.182. The maximum absolute atomic E-state index is 11.8. The average molecular weight is 360 g/mol. The van der Waals surface area contributed by atoms with Crippen LogP contribution in [0.1, 0.15) is 19.4 Å². The Balaban J connectivity index is 2.68. The summed E-state index contributed by atoms with van der Waals surface area (Å²) >= 11 is 0. The maximum Gasteiger partial charge on any atom is 0.345 e. The first kappa shape index (κ1) is 20.8. The van der Waals surface area contributed by atoms with E-state index in [0.717, 1.165) is 11.6 Å². The largest absolute Gasteiger partial charge is 0.497 e. The molecule has 0 spiro atoms. The Hall–Kier alpha value is -3.27. The number of rotatable bonds is 7. The monoisotopic (exact) mass is 360 g/mol. The van der Waals surface area contributed by atoms with E-state index in [0.29, 0.717) is 5.75 Å². The zero-order chi connectivity index (χ0) is 19.4. The Morgan fingerprint density at radius 2 is 1.54 bits per heavy atom. The van der Waals surface area contributed by atoms with Crippen LogP contribution in [0.15, 0.2) is 35.9 Å². The summed E-state index contributed by atoms with van der Waals surface area (Å²) in [6.45, 7) is 3.05. The van der Waals surface area contributed by atoms with Gasteiger partial charge in [-0.2, -0.15) is 0 Å². The second kappa shape index (κ2) is 11.3. The van der Waals surface area contributed by atoms with Gasteiger partial charge in [-0.3, -0.25) is 0 Å². The number of carbonyl (C=O) groups is 3. The van der Waals surface area contributed by atoms with Crippen LogP contribution in [0.4, 0.5) is 0 Å². The average Bonchev–Trinajstić information content (AvgIpc) is 2.64. The van der Waals surface area contributed by atoms with Gasteiger partial charge in [-0.05, 0) is 38.1 Å². The van der Waals surface area contributed by atoms with E-state index >= 15 is 0 Å². The molecule has 0 atom stereocenters. The SMILES string of the molecule is CCOC(=O)C(=CC(=O)OCC#Cc1ccc(OC)cc1)C(=O)OCC. The van der Waals surface area contributed by atoms with E-state index in [1.54, 1.807) is 45.2 Å². The Kier molecular flexibility index (Phi) is 9.04. The molecule has 0 amide bonds. The Labute approximate surface area is 151 Å². The van der Waals surface area contributed by atoms with Gasteiger partial charge in [-0.25, -0.2) is 14.4 Å². The van der Waals surface area contributed by atoms with Crippen LogP contribution in [0.2, 0.25) is 0 Å². The van der Waals surface area contributed by atoms with E-state index in [1.165, 1.54) is 0 Å². The minimum Gasteiger partial charge on any atom is -0.497 e. The first-order chi connectivity index (χ1) is 12.5. The lowest BCUT2D eigenvalue weighted by atomic mass is 10.2. The smallest absolute Gasteiger partial charge is 0.345 e. The molecule has 26 heavy (non-hydrogen) atoms. The Morgan fingerprint density at radius 3 is 2.04 bits per heavy atom. The molecule has 0 saturated heterocycles. The van der Waals surface area contributed by atoms with Crippen LogP contribution in [0.5, 0.6) is 5.75 Å². The van der Waals surface area contributed by atoms with E-state index in [-0.39, 0.29) is 19.8 Å². The van der Waals surface area contributed by atoms with Crippen molar-refractivity contribution in [3.8, 4) is 17.6 Å². The summed E-state index contributed by atoms with van der Waals surface area (Å²) < 4.78 is 19.3. The van der Waals surface area contributed by atoms with Crippen molar-refractivity contribution >= 4 is 17.9 Å². The summed E-state index contributed by atoms with van der Waals surface area (Å²) in [7, 11) is 1.56. The minimum absolute atomic E-state index is 0.0535. The molecule has 1 aromatic rings. The van der Waals surface area contributed by atoms with Gasteiger partial charge in [0.15, 0.2) is 12.2 Å². The summed E-state index contributed by atoms with van der Waals surface area (Å²) in [6, 6.07) is 7.02. The van der Waals surface area contributed by atoms with Crippen molar-refractivity contribution in [2.75, 3.05) is 26.9 Å². The fraction of sp³-hybridized carbons (Fsp3) is 0.316. The third-order valence-electron chi connectivity index (χ3n) is 2.86. The van der Waals surface area contributed by atoms with E-state index in [2.05, 4.69) is 11.8 Å². The van der Waals surface area contributed by atoms with Gasteiger partial charge in [0.05, 0.1) is 20.3 Å². The molecule has 138 valence electrons. The second-order valence-corrected chi connectivity index (χ2v) is 4.64. The summed E-state index contributed by atoms with van der Waals surface area (Å²) in [5.41, 5.74) is 0.193. The molecular formula is C19H20O7. The summed E-state index contributed by atoms with van der Waals surface area (Å²) in [5.74, 6) is 3.37. The highest BCUT2D eigenvalue weighted by Gasteiger charge is 2.22. The van der Waals surface area contributed by atoms with Crippen LogP contribution in [-0.2, 0) is 28.6 Å². The van der Waals surface area contributed by atoms with Crippen LogP contribution in [0, 0.1) is 11.8 Å². The molecule has 0 N–H and O–H groups in total. The van der Waals surface area contributed by atoms with Crippen LogP contribution in [0.3, 0.4) is 0 Å². The third kappa shape index (κ3) is 7.09. The van der Waals surface area contributed by atoms with E-state index in [9.17, 15) is 14.4 Å². The molecule has 0 unspecified atom stereocenters. The van der Waals surface area contributed by atoms with Crippen molar-refractivity contribution in [3.63, 3.8) is 0 Å². The second-order valence-electron chi connectivity index (χ2n) is 4.64. The molecule has 0 aliphatic rings. The van der Waals surface area contributed by atoms with Gasteiger partial charge >= 0.3 is 17.9 Å². The van der Waals surface area contributed by atoms with Crippen LogP contribution < -0.4 is 4.74 Å². The Bertz CT molecular complexity index is 700. The van der Waals surface area contributed by atoms with Gasteiger partial charge in [0.25, 0.3) is 0 Å². The molecular weight excluding hydrogens is 340 g/mol. The van der Waals surface area contributed by atoms with Crippen molar-refractivity contribution in [2.45, 2.75) is 13.8 Å². The fourth-order valence-corrected chi connectivity index (χ4v) is 1.70. The number of benzene rings is 1. The molecule has 1 rings (SSSR count). The number of hydrogen-bond donors (Lipinski definition) is 0. The molecule has 0 aliphatic carbocycles. The highest BCUT2D eigenvalue weighted by atomic mass is 16.6. The molecule has 7 nitrogen and oxygen atoms in total. The molecule has 0 fully saturated rings. The first-order valence-electron chi connectivity index (χ1n) is 7.87. The van der Waals surface area contributed by atoms with Gasteiger partial charge in [0.1, 0.15) is 5.75 Å². The summed E-state index contributed by atoms with van der Waals surface area (Å²) in [5, 5.41) is 0. The number of methoxy groups -OCH3 is 1. The van der Waals surface area contributed by atoms with Crippen molar-refractivity contribution in [3.05, 3.63) is 41.5 Å². The fourth-order valence-electron chi connectivity index (χ4n) is 1.70. The number of carbonyl (C=O) groups excluding carboxylic acids is 3. The Morgan fingerprint density at radius 1 is 0.962 bits per heavy atom. The van der Waals surface area contributed by atoms with Gasteiger partial charge in [0.2, 0.25) is 0 Å². The molecule has 0 aromatic heterocycles. The zero-order valence-corrected chi connectivity index (χ0v) is 14.9. The zero-order valence-electron chi connectivity index (χ0n) is 14.9. The highest BCUT2D eigenvalue weighted by Crippen LogP contribution is 2.10. The first-order valence-corrected chi connectivity index (χ1v) is 7.87. The topological polar surface area (TPSA) is 88.1 Å². The van der Waals surface area contributed by atoms with Gasteiger partial charge in [-0.15, -0.1) is 0 Å². The number of esters is 3. The van der Waals surface area contributed by atoms with Crippen LogP contribution in [0.25, 0.3) is 0 Å². The van der Waals surface area contributed by atoms with Crippen molar-refractivity contribution < 1.29 is 33.3 Å². The van der Waals surface area contributed by atoms with Gasteiger partial charge in [0, 0.05) is 11.6 Å². The predicted octanol–water partition coefficient (Wildman–Crippen LogP) is 1.64. The van der Waals surface area contributed by atoms with Crippen molar-refractivity contribution in [1.29, 1.82) is 0 Å². The number of hydrogen-bond acceptors (Lipinski definition) is 7. The lowest BCUT2D eigenvalue weighted by Crippen LogP contribution is -2.20. The summed E-state index contributed by atoms with van der Waals surface area (Å²) in [4.78, 5) is 35.2. The van der Waals surface area contributed by atoms with Crippen LogP contribution >= 0.6 is 0 Å². The van der Waals surface area contributed by atoms with E-state index in [4.69, 9.17) is 18.9 Å². The van der Waals surface area contributed by atoms with Crippen LogP contribution in [-0.4, -0.2) is 44.8 Å². The van der Waals surface area contributed by atoms with Crippen molar-refractivity contribution in [2.24, 2.45) is 0 Å². The minimum atomic E-state index is -0.952. The van der Waals surface area contributed by atoms with E-state index in [1.807, 2.05) is 0 Å². The molecule has 0 bridgehead atoms. The van der Waals surface area contributed by atoms with Gasteiger partial charge in [-0.1, -0.05) is 11.8 Å².